The van der Waals surface area contributed by atoms with E-state index in [1.54, 1.807) is 4.90 Å². The minimum absolute atomic E-state index is 0.257. The fraction of sp³-hybridized carbons (Fsp3) is 0.389. The van der Waals surface area contributed by atoms with Gasteiger partial charge in [0.05, 0.1) is 5.56 Å². The molecule has 1 atom stereocenters. The van der Waals surface area contributed by atoms with E-state index >= 15 is 0 Å². The zero-order chi connectivity index (χ0) is 17.5. The van der Waals surface area contributed by atoms with Gasteiger partial charge in [0.15, 0.2) is 17.5 Å². The molecule has 1 aromatic heterocycles. The number of carbonyl (C=O) groups excluding carboxylic acids is 1. The van der Waals surface area contributed by atoms with Gasteiger partial charge in [0.1, 0.15) is 5.54 Å². The van der Waals surface area contributed by atoms with Crippen LogP contribution in [-0.2, 0) is 5.54 Å². The van der Waals surface area contributed by atoms with Gasteiger partial charge in [-0.15, -0.1) is 0 Å². The van der Waals surface area contributed by atoms with Crippen LogP contribution >= 0.6 is 0 Å². The summed E-state index contributed by atoms with van der Waals surface area (Å²) in [6.07, 6.45) is 1.44. The molecule has 2 heterocycles. The molecule has 0 unspecified atom stereocenters. The molecule has 4 nitrogen and oxygen atoms in total. The molecule has 0 bridgehead atoms. The summed E-state index contributed by atoms with van der Waals surface area (Å²) < 4.78 is 27.5. The van der Waals surface area contributed by atoms with Crippen LogP contribution in [0.3, 0.4) is 0 Å². The summed E-state index contributed by atoms with van der Waals surface area (Å²) in [4.78, 5) is 23.4. The van der Waals surface area contributed by atoms with Crippen LogP contribution in [0.5, 0.6) is 0 Å². The highest BCUT2D eigenvalue weighted by molar-refractivity contribution is 5.95. The minimum atomic E-state index is -1.11. The molecular weight excluding hydrogens is 312 g/mol. The molecule has 0 N–H and O–H groups in total. The number of rotatable bonds is 2. The summed E-state index contributed by atoms with van der Waals surface area (Å²) in [5.74, 6) is -2.13. The van der Waals surface area contributed by atoms with Crippen molar-refractivity contribution in [3.8, 4) is 0 Å². The molecule has 0 saturated carbocycles. The van der Waals surface area contributed by atoms with E-state index in [0.717, 1.165) is 23.9 Å². The molecule has 3 rings (SSSR count). The van der Waals surface area contributed by atoms with Crippen molar-refractivity contribution < 1.29 is 13.6 Å². The Bertz CT molecular complexity index is 789. The number of benzene rings is 1. The SMILES string of the molecule is Cc1cc(C)nc([C@]2(C)CCCN2C(=O)c2cccc(F)c2F)n1. The summed E-state index contributed by atoms with van der Waals surface area (Å²) in [5, 5.41) is 0. The zero-order valence-corrected chi connectivity index (χ0v) is 13.9. The van der Waals surface area contributed by atoms with E-state index in [9.17, 15) is 13.6 Å². The maximum absolute atomic E-state index is 14.0. The number of halogens is 2. The molecule has 24 heavy (non-hydrogen) atoms. The Morgan fingerprint density at radius 1 is 1.21 bits per heavy atom. The largest absolute Gasteiger partial charge is 0.326 e. The average molecular weight is 331 g/mol. The first-order valence-electron chi connectivity index (χ1n) is 7.91. The summed E-state index contributed by atoms with van der Waals surface area (Å²) in [5.41, 5.74) is 0.643. The average Bonchev–Trinajstić information content (AvgIpc) is 2.92. The number of hydrogen-bond acceptors (Lipinski definition) is 3. The highest BCUT2D eigenvalue weighted by atomic mass is 19.2. The predicted octanol–water partition coefficient (Wildman–Crippen LogP) is 3.52. The second-order valence-electron chi connectivity index (χ2n) is 6.41. The molecule has 0 aliphatic carbocycles. The van der Waals surface area contributed by atoms with Gasteiger partial charge >= 0.3 is 0 Å². The molecule has 1 fully saturated rings. The monoisotopic (exact) mass is 331 g/mol. The Morgan fingerprint density at radius 3 is 2.54 bits per heavy atom. The Kier molecular flexibility index (Phi) is 4.07. The number of aromatic nitrogens is 2. The molecule has 1 amide bonds. The van der Waals surface area contributed by atoms with Gasteiger partial charge in [0.2, 0.25) is 0 Å². The molecule has 1 aliphatic heterocycles. The Hall–Kier alpha value is -2.37. The lowest BCUT2D eigenvalue weighted by molar-refractivity contribution is 0.0597. The number of aryl methyl sites for hydroxylation is 2. The highest BCUT2D eigenvalue weighted by Crippen LogP contribution is 2.38. The summed E-state index contributed by atoms with van der Waals surface area (Å²) >= 11 is 0. The van der Waals surface area contributed by atoms with Crippen molar-refractivity contribution in [2.75, 3.05) is 6.54 Å². The van der Waals surface area contributed by atoms with Gasteiger partial charge in [-0.3, -0.25) is 4.79 Å². The lowest BCUT2D eigenvalue weighted by atomic mass is 9.96. The summed E-state index contributed by atoms with van der Waals surface area (Å²) in [7, 11) is 0. The third kappa shape index (κ3) is 2.66. The van der Waals surface area contributed by atoms with Crippen LogP contribution in [0.2, 0.25) is 0 Å². The van der Waals surface area contributed by atoms with Crippen molar-refractivity contribution in [1.82, 2.24) is 14.9 Å². The van der Waals surface area contributed by atoms with E-state index in [4.69, 9.17) is 0 Å². The number of likely N-dealkylation sites (tertiary alicyclic amines) is 1. The second kappa shape index (κ2) is 5.92. The molecule has 6 heteroatoms. The first-order chi connectivity index (χ1) is 11.3. The van der Waals surface area contributed by atoms with Gasteiger partial charge in [-0.1, -0.05) is 6.07 Å². The van der Waals surface area contributed by atoms with E-state index in [2.05, 4.69) is 9.97 Å². The van der Waals surface area contributed by atoms with Gasteiger partial charge in [-0.2, -0.15) is 0 Å². The molecular formula is C18H19F2N3O. The van der Waals surface area contributed by atoms with Crippen molar-refractivity contribution in [2.45, 2.75) is 39.2 Å². The van der Waals surface area contributed by atoms with Gasteiger partial charge in [-0.25, -0.2) is 18.7 Å². The first kappa shape index (κ1) is 16.5. The van der Waals surface area contributed by atoms with E-state index in [1.165, 1.54) is 12.1 Å². The lowest BCUT2D eigenvalue weighted by Crippen LogP contribution is -2.44. The zero-order valence-electron chi connectivity index (χ0n) is 13.9. The summed E-state index contributed by atoms with van der Waals surface area (Å²) in [6.45, 7) is 6.08. The highest BCUT2D eigenvalue weighted by Gasteiger charge is 2.44. The smallest absolute Gasteiger partial charge is 0.257 e. The molecule has 1 saturated heterocycles. The Labute approximate surface area is 139 Å². The van der Waals surface area contributed by atoms with Crippen molar-refractivity contribution in [3.05, 3.63) is 58.7 Å². The number of nitrogens with zero attached hydrogens (tertiary/aromatic N) is 3. The maximum atomic E-state index is 14.0. The van der Waals surface area contributed by atoms with E-state index in [-0.39, 0.29) is 5.56 Å². The Morgan fingerprint density at radius 2 is 1.88 bits per heavy atom. The van der Waals surface area contributed by atoms with E-state index < -0.39 is 23.1 Å². The van der Waals surface area contributed by atoms with Crippen LogP contribution in [-0.4, -0.2) is 27.3 Å². The van der Waals surface area contributed by atoms with Crippen molar-refractivity contribution >= 4 is 5.91 Å². The standard InChI is InChI=1S/C18H19F2N3O/c1-11-10-12(2)22-17(21-11)18(3)8-5-9-23(18)16(24)13-6-4-7-14(19)15(13)20/h4,6-7,10H,5,8-9H2,1-3H3/t18-/m0/s1. The number of amides is 1. The van der Waals surface area contributed by atoms with E-state index in [0.29, 0.717) is 18.8 Å². The molecule has 0 spiro atoms. The fourth-order valence-electron chi connectivity index (χ4n) is 3.30. The van der Waals surface area contributed by atoms with Crippen molar-refractivity contribution in [2.24, 2.45) is 0 Å². The van der Waals surface area contributed by atoms with Gasteiger partial charge < -0.3 is 4.90 Å². The van der Waals surface area contributed by atoms with Crippen LogP contribution in [0.15, 0.2) is 24.3 Å². The van der Waals surface area contributed by atoms with Crippen LogP contribution in [0, 0.1) is 25.5 Å². The fourth-order valence-corrected chi connectivity index (χ4v) is 3.30. The topological polar surface area (TPSA) is 46.1 Å². The quantitative estimate of drug-likeness (QED) is 0.846. The third-order valence-corrected chi connectivity index (χ3v) is 4.53. The second-order valence-corrected chi connectivity index (χ2v) is 6.41. The minimum Gasteiger partial charge on any atom is -0.326 e. The molecule has 1 aromatic carbocycles. The normalized spacial score (nSPS) is 20.5. The molecule has 126 valence electrons. The number of hydrogen-bond donors (Lipinski definition) is 0. The number of carbonyl (C=O) groups is 1. The van der Waals surface area contributed by atoms with Gasteiger partial charge in [0.25, 0.3) is 5.91 Å². The molecule has 0 radical (unpaired) electrons. The summed E-state index contributed by atoms with van der Waals surface area (Å²) in [6, 6.07) is 5.51. The first-order valence-corrected chi connectivity index (χ1v) is 7.91. The maximum Gasteiger partial charge on any atom is 0.257 e. The van der Waals surface area contributed by atoms with Gasteiger partial charge in [-0.05, 0) is 51.8 Å². The van der Waals surface area contributed by atoms with Crippen LogP contribution in [0.1, 0.15) is 47.3 Å². The lowest BCUT2D eigenvalue weighted by Gasteiger charge is -2.34. The van der Waals surface area contributed by atoms with Crippen molar-refractivity contribution in [1.29, 1.82) is 0 Å². The Balaban J connectivity index is 2.03. The van der Waals surface area contributed by atoms with Crippen molar-refractivity contribution in [3.63, 3.8) is 0 Å². The molecule has 1 aliphatic rings. The van der Waals surface area contributed by atoms with Crippen LogP contribution in [0.4, 0.5) is 8.78 Å². The predicted molar refractivity (Wildman–Crippen MR) is 85.5 cm³/mol. The van der Waals surface area contributed by atoms with E-state index in [1.807, 2.05) is 26.8 Å². The van der Waals surface area contributed by atoms with Crippen LogP contribution in [0.25, 0.3) is 0 Å². The van der Waals surface area contributed by atoms with Gasteiger partial charge in [0, 0.05) is 17.9 Å². The van der Waals surface area contributed by atoms with Crippen LogP contribution < -0.4 is 0 Å². The third-order valence-electron chi connectivity index (χ3n) is 4.53. The molecule has 2 aromatic rings.